The summed E-state index contributed by atoms with van der Waals surface area (Å²) in [5, 5.41) is 10.8. The third-order valence-corrected chi connectivity index (χ3v) is 4.29. The molecular formula is C20H21FN2O5. The van der Waals surface area contributed by atoms with E-state index in [0.717, 1.165) is 5.56 Å². The number of carbonyl (C=O) groups excluding carboxylic acids is 2. The zero-order valence-corrected chi connectivity index (χ0v) is 15.6. The van der Waals surface area contributed by atoms with Gasteiger partial charge in [0.05, 0.1) is 18.0 Å². The van der Waals surface area contributed by atoms with Crippen molar-refractivity contribution in [3.63, 3.8) is 0 Å². The highest BCUT2D eigenvalue weighted by atomic mass is 19.1. The molecule has 0 saturated heterocycles. The Balaban J connectivity index is 2.17. The minimum Gasteiger partial charge on any atom is -0.469 e. The fourth-order valence-corrected chi connectivity index (χ4v) is 2.71. The zero-order valence-electron chi connectivity index (χ0n) is 15.6. The molecule has 0 aliphatic rings. The molecule has 8 heteroatoms. The zero-order chi connectivity index (χ0) is 20.7. The third kappa shape index (κ3) is 5.60. The molecule has 0 N–H and O–H groups in total. The van der Waals surface area contributed by atoms with Crippen molar-refractivity contribution in [1.29, 1.82) is 0 Å². The van der Waals surface area contributed by atoms with Gasteiger partial charge in [-0.05, 0) is 36.2 Å². The van der Waals surface area contributed by atoms with Crippen LogP contribution >= 0.6 is 0 Å². The number of ether oxygens (including phenoxy) is 1. The standard InChI is InChI=1S/C20H21FN2O5/c1-14(20(25)28-2)13-22(12-11-15-3-7-17(21)8-4-15)19(24)16-5-9-18(10-6-16)23(26)27/h3-10,14H,11-13H2,1-2H3. The Morgan fingerprint density at radius 1 is 1.14 bits per heavy atom. The lowest BCUT2D eigenvalue weighted by molar-refractivity contribution is -0.384. The van der Waals surface area contributed by atoms with E-state index in [1.807, 2.05) is 0 Å². The third-order valence-electron chi connectivity index (χ3n) is 4.29. The molecule has 0 saturated carbocycles. The highest BCUT2D eigenvalue weighted by Crippen LogP contribution is 2.15. The Hall–Kier alpha value is -3.29. The molecule has 1 amide bonds. The van der Waals surface area contributed by atoms with Crippen molar-refractivity contribution in [2.24, 2.45) is 5.92 Å². The van der Waals surface area contributed by atoms with Gasteiger partial charge in [0, 0.05) is 30.8 Å². The maximum Gasteiger partial charge on any atom is 0.310 e. The molecule has 0 fully saturated rings. The van der Waals surface area contributed by atoms with Gasteiger partial charge in [-0.15, -0.1) is 0 Å². The van der Waals surface area contributed by atoms with Crippen LogP contribution in [0.2, 0.25) is 0 Å². The Morgan fingerprint density at radius 3 is 2.29 bits per heavy atom. The molecule has 7 nitrogen and oxygen atoms in total. The number of carbonyl (C=O) groups is 2. The van der Waals surface area contributed by atoms with E-state index in [4.69, 9.17) is 4.74 Å². The minimum absolute atomic E-state index is 0.114. The first-order valence-electron chi connectivity index (χ1n) is 8.67. The molecule has 0 radical (unpaired) electrons. The van der Waals surface area contributed by atoms with E-state index < -0.39 is 16.8 Å². The van der Waals surface area contributed by atoms with Crippen LogP contribution < -0.4 is 0 Å². The van der Waals surface area contributed by atoms with Gasteiger partial charge in [0.2, 0.25) is 0 Å². The second-order valence-corrected chi connectivity index (χ2v) is 6.36. The van der Waals surface area contributed by atoms with Crippen molar-refractivity contribution in [2.45, 2.75) is 13.3 Å². The van der Waals surface area contributed by atoms with E-state index >= 15 is 0 Å². The maximum atomic E-state index is 13.1. The second-order valence-electron chi connectivity index (χ2n) is 6.36. The van der Waals surface area contributed by atoms with E-state index in [2.05, 4.69) is 0 Å². The Morgan fingerprint density at radius 2 is 1.75 bits per heavy atom. The molecule has 0 aliphatic carbocycles. The average Bonchev–Trinajstić information content (AvgIpc) is 2.71. The molecule has 0 bridgehead atoms. The summed E-state index contributed by atoms with van der Waals surface area (Å²) in [6, 6.07) is 11.2. The number of rotatable bonds is 8. The summed E-state index contributed by atoms with van der Waals surface area (Å²) < 4.78 is 17.8. The monoisotopic (exact) mass is 388 g/mol. The quantitative estimate of drug-likeness (QED) is 0.393. The highest BCUT2D eigenvalue weighted by Gasteiger charge is 2.23. The van der Waals surface area contributed by atoms with E-state index in [0.29, 0.717) is 13.0 Å². The van der Waals surface area contributed by atoms with Crippen molar-refractivity contribution < 1.29 is 23.6 Å². The summed E-state index contributed by atoms with van der Waals surface area (Å²) in [5.74, 6) is -1.68. The normalized spacial score (nSPS) is 11.5. The van der Waals surface area contributed by atoms with Gasteiger partial charge >= 0.3 is 5.97 Å². The van der Waals surface area contributed by atoms with E-state index in [1.165, 1.54) is 48.4 Å². The fraction of sp³-hybridized carbons (Fsp3) is 0.300. The molecule has 1 unspecified atom stereocenters. The van der Waals surface area contributed by atoms with Crippen LogP contribution in [0.15, 0.2) is 48.5 Å². The first-order chi connectivity index (χ1) is 13.3. The van der Waals surface area contributed by atoms with E-state index in [-0.39, 0.29) is 29.5 Å². The Bertz CT molecular complexity index is 837. The molecule has 0 aromatic heterocycles. The number of benzene rings is 2. The average molecular weight is 388 g/mol. The van der Waals surface area contributed by atoms with Gasteiger partial charge < -0.3 is 9.64 Å². The number of esters is 1. The fourth-order valence-electron chi connectivity index (χ4n) is 2.71. The van der Waals surface area contributed by atoms with Gasteiger partial charge in [0.15, 0.2) is 0 Å². The number of non-ortho nitro benzene ring substituents is 1. The lowest BCUT2D eigenvalue weighted by atomic mass is 10.1. The smallest absolute Gasteiger partial charge is 0.310 e. The summed E-state index contributed by atoms with van der Waals surface area (Å²) in [6.07, 6.45) is 0.465. The molecule has 0 heterocycles. The topological polar surface area (TPSA) is 89.8 Å². The van der Waals surface area contributed by atoms with Crippen LogP contribution in [-0.4, -0.2) is 41.9 Å². The molecular weight excluding hydrogens is 367 g/mol. The molecule has 2 rings (SSSR count). The predicted molar refractivity (Wildman–Crippen MR) is 100 cm³/mol. The van der Waals surface area contributed by atoms with Gasteiger partial charge in [-0.25, -0.2) is 4.39 Å². The predicted octanol–water partition coefficient (Wildman–Crippen LogP) is 3.23. The number of nitrogens with zero attached hydrogens (tertiary/aromatic N) is 2. The first kappa shape index (κ1) is 21.0. The van der Waals surface area contributed by atoms with Gasteiger partial charge in [-0.1, -0.05) is 19.1 Å². The van der Waals surface area contributed by atoms with Crippen molar-refractivity contribution in [3.8, 4) is 0 Å². The van der Waals surface area contributed by atoms with Crippen LogP contribution in [0.1, 0.15) is 22.8 Å². The first-order valence-corrected chi connectivity index (χ1v) is 8.67. The number of nitro benzene ring substituents is 1. The molecule has 28 heavy (non-hydrogen) atoms. The van der Waals surface area contributed by atoms with Gasteiger partial charge in [0.1, 0.15) is 5.82 Å². The van der Waals surface area contributed by atoms with Crippen LogP contribution in [-0.2, 0) is 16.0 Å². The molecule has 0 aliphatic heterocycles. The number of halogens is 1. The van der Waals surface area contributed by atoms with Gasteiger partial charge in [0.25, 0.3) is 11.6 Å². The van der Waals surface area contributed by atoms with E-state index in [9.17, 15) is 24.1 Å². The van der Waals surface area contributed by atoms with Crippen LogP contribution in [0.3, 0.4) is 0 Å². The van der Waals surface area contributed by atoms with Crippen LogP contribution in [0.25, 0.3) is 0 Å². The van der Waals surface area contributed by atoms with E-state index in [1.54, 1.807) is 19.1 Å². The lowest BCUT2D eigenvalue weighted by Crippen LogP contribution is -2.38. The highest BCUT2D eigenvalue weighted by molar-refractivity contribution is 5.94. The molecule has 2 aromatic rings. The molecule has 0 spiro atoms. The molecule has 148 valence electrons. The Kier molecular flexibility index (Phi) is 7.20. The summed E-state index contributed by atoms with van der Waals surface area (Å²) in [6.45, 7) is 2.08. The molecule has 2 aromatic carbocycles. The molecule has 1 atom stereocenters. The van der Waals surface area contributed by atoms with Gasteiger partial charge in [-0.3, -0.25) is 19.7 Å². The SMILES string of the molecule is COC(=O)C(C)CN(CCc1ccc(F)cc1)C(=O)c1ccc([N+](=O)[O-])cc1. The van der Waals surface area contributed by atoms with Crippen molar-refractivity contribution in [3.05, 3.63) is 75.6 Å². The number of hydrogen-bond donors (Lipinski definition) is 0. The number of amides is 1. The summed E-state index contributed by atoms with van der Waals surface area (Å²) >= 11 is 0. The number of hydrogen-bond acceptors (Lipinski definition) is 5. The van der Waals surface area contributed by atoms with Crippen molar-refractivity contribution in [2.75, 3.05) is 20.2 Å². The summed E-state index contributed by atoms with van der Waals surface area (Å²) in [5.41, 5.74) is 1.01. The van der Waals surface area contributed by atoms with Crippen molar-refractivity contribution >= 4 is 17.6 Å². The second kappa shape index (κ2) is 9.59. The van der Waals surface area contributed by atoms with Crippen LogP contribution in [0.5, 0.6) is 0 Å². The number of nitro groups is 1. The summed E-state index contributed by atoms with van der Waals surface area (Å²) in [7, 11) is 1.28. The Labute approximate surface area is 161 Å². The largest absolute Gasteiger partial charge is 0.469 e. The van der Waals surface area contributed by atoms with Crippen molar-refractivity contribution in [1.82, 2.24) is 4.90 Å². The van der Waals surface area contributed by atoms with Crippen LogP contribution in [0, 0.1) is 21.8 Å². The van der Waals surface area contributed by atoms with Gasteiger partial charge in [-0.2, -0.15) is 0 Å². The minimum atomic E-state index is -0.542. The van der Waals surface area contributed by atoms with Crippen LogP contribution in [0.4, 0.5) is 10.1 Å². The number of methoxy groups -OCH3 is 1. The lowest BCUT2D eigenvalue weighted by Gasteiger charge is -2.25. The maximum absolute atomic E-state index is 13.1. The summed E-state index contributed by atoms with van der Waals surface area (Å²) in [4.78, 5) is 36.4.